The Balaban J connectivity index is 1.65. The van der Waals surface area contributed by atoms with Gasteiger partial charge in [0.05, 0.1) is 29.0 Å². The standard InChI is InChI=1S/C27H29ClF3NO3/c1-15(27(29,30)31)25(20-9-6-16-4-2-3-5-18(16)12-20)26(35)32-23-13-19(10-11-22(23)28)21(14-24(33)34)17-7-8-17/h6,9-13,15,17,21,25H,2-5,7-8,14H2,1H3,(H,32,35)(H,33,34). The maximum Gasteiger partial charge on any atom is 0.392 e. The summed E-state index contributed by atoms with van der Waals surface area (Å²) >= 11 is 6.31. The summed E-state index contributed by atoms with van der Waals surface area (Å²) in [7, 11) is 0. The first-order chi connectivity index (χ1) is 16.5. The Morgan fingerprint density at radius 2 is 1.71 bits per heavy atom. The Kier molecular flexibility index (Phi) is 7.46. The number of carbonyl (C=O) groups is 2. The second kappa shape index (κ2) is 10.2. The van der Waals surface area contributed by atoms with Crippen LogP contribution in [-0.2, 0) is 22.4 Å². The summed E-state index contributed by atoms with van der Waals surface area (Å²) in [5.41, 5.74) is 3.37. The number of carbonyl (C=O) groups excluding carboxylic acids is 1. The van der Waals surface area contributed by atoms with Crippen molar-refractivity contribution in [2.45, 2.75) is 69.9 Å². The lowest BCUT2D eigenvalue weighted by Gasteiger charge is -2.27. The van der Waals surface area contributed by atoms with Crippen LogP contribution in [0.2, 0.25) is 5.02 Å². The Bertz CT molecular complexity index is 1110. The smallest absolute Gasteiger partial charge is 0.392 e. The van der Waals surface area contributed by atoms with E-state index in [2.05, 4.69) is 5.32 Å². The zero-order valence-corrected chi connectivity index (χ0v) is 20.3. The molecule has 188 valence electrons. The highest BCUT2D eigenvalue weighted by molar-refractivity contribution is 6.33. The molecule has 1 fully saturated rings. The van der Waals surface area contributed by atoms with Gasteiger partial charge in [0.15, 0.2) is 0 Å². The molecule has 0 bridgehead atoms. The molecule has 3 atom stereocenters. The first kappa shape index (κ1) is 25.5. The Morgan fingerprint density at radius 3 is 2.34 bits per heavy atom. The summed E-state index contributed by atoms with van der Waals surface area (Å²) in [5.74, 6) is -5.05. The van der Waals surface area contributed by atoms with Crippen LogP contribution < -0.4 is 5.32 Å². The average Bonchev–Trinajstić information content (AvgIpc) is 3.64. The maximum absolute atomic E-state index is 13.8. The van der Waals surface area contributed by atoms with E-state index in [0.29, 0.717) is 11.1 Å². The number of hydrogen-bond donors (Lipinski definition) is 2. The number of aliphatic carboxylic acids is 1. The van der Waals surface area contributed by atoms with Crippen molar-refractivity contribution in [2.24, 2.45) is 11.8 Å². The largest absolute Gasteiger partial charge is 0.481 e. The molecular formula is C27H29ClF3NO3. The third-order valence-electron chi connectivity index (χ3n) is 7.29. The van der Waals surface area contributed by atoms with Crippen molar-refractivity contribution in [3.05, 3.63) is 63.7 Å². The van der Waals surface area contributed by atoms with Gasteiger partial charge in [-0.3, -0.25) is 9.59 Å². The molecule has 3 unspecified atom stereocenters. The fourth-order valence-corrected chi connectivity index (χ4v) is 5.29. The second-order valence-corrected chi connectivity index (χ2v) is 10.2. The topological polar surface area (TPSA) is 66.4 Å². The van der Waals surface area contributed by atoms with E-state index in [4.69, 9.17) is 11.6 Å². The van der Waals surface area contributed by atoms with Gasteiger partial charge < -0.3 is 10.4 Å². The summed E-state index contributed by atoms with van der Waals surface area (Å²) in [4.78, 5) is 24.7. The van der Waals surface area contributed by atoms with E-state index in [1.165, 1.54) is 0 Å². The Labute approximate surface area is 207 Å². The molecule has 0 aliphatic heterocycles. The number of carboxylic acid groups (broad SMARTS) is 1. The molecule has 4 nitrogen and oxygen atoms in total. The highest BCUT2D eigenvalue weighted by Crippen LogP contribution is 2.46. The number of anilines is 1. The molecule has 8 heteroatoms. The molecule has 2 aliphatic rings. The lowest BCUT2D eigenvalue weighted by atomic mass is 9.82. The fraction of sp³-hybridized carbons (Fsp3) is 0.481. The number of benzene rings is 2. The number of aryl methyl sites for hydroxylation is 2. The predicted molar refractivity (Wildman–Crippen MR) is 129 cm³/mol. The van der Waals surface area contributed by atoms with Gasteiger partial charge in [0.25, 0.3) is 0 Å². The summed E-state index contributed by atoms with van der Waals surface area (Å²) in [6.07, 6.45) is 0.930. The predicted octanol–water partition coefficient (Wildman–Crippen LogP) is 7.11. The summed E-state index contributed by atoms with van der Waals surface area (Å²) in [6.45, 7) is 1.03. The lowest BCUT2D eigenvalue weighted by Crippen LogP contribution is -2.34. The third kappa shape index (κ3) is 6.00. The normalized spacial score (nSPS) is 18.3. The molecule has 0 radical (unpaired) electrons. The first-order valence-electron chi connectivity index (χ1n) is 12.0. The van der Waals surface area contributed by atoms with Gasteiger partial charge in [0, 0.05) is 0 Å². The molecule has 2 N–H and O–H groups in total. The number of alkyl halides is 3. The number of nitrogens with one attached hydrogen (secondary N) is 1. The summed E-state index contributed by atoms with van der Waals surface area (Å²) < 4.78 is 41.5. The fourth-order valence-electron chi connectivity index (χ4n) is 5.13. The highest BCUT2D eigenvalue weighted by Gasteiger charge is 2.45. The van der Waals surface area contributed by atoms with Crippen LogP contribution >= 0.6 is 11.6 Å². The minimum atomic E-state index is -4.57. The van der Waals surface area contributed by atoms with Crippen LogP contribution in [-0.4, -0.2) is 23.2 Å². The van der Waals surface area contributed by atoms with Crippen LogP contribution in [0.5, 0.6) is 0 Å². The second-order valence-electron chi connectivity index (χ2n) is 9.81. The van der Waals surface area contributed by atoms with E-state index >= 15 is 0 Å². The van der Waals surface area contributed by atoms with Crippen molar-refractivity contribution < 1.29 is 27.9 Å². The average molecular weight is 508 g/mol. The van der Waals surface area contributed by atoms with E-state index in [1.54, 1.807) is 30.3 Å². The third-order valence-corrected chi connectivity index (χ3v) is 7.62. The molecule has 35 heavy (non-hydrogen) atoms. The molecule has 1 saturated carbocycles. The molecular weight excluding hydrogens is 479 g/mol. The molecule has 1 amide bonds. The van der Waals surface area contributed by atoms with E-state index < -0.39 is 29.9 Å². The van der Waals surface area contributed by atoms with Crippen molar-refractivity contribution in [3.8, 4) is 0 Å². The first-order valence-corrected chi connectivity index (χ1v) is 12.4. The van der Waals surface area contributed by atoms with Crippen LogP contribution in [0.3, 0.4) is 0 Å². The Morgan fingerprint density at radius 1 is 1.06 bits per heavy atom. The van der Waals surface area contributed by atoms with Crippen molar-refractivity contribution in [2.75, 3.05) is 5.32 Å². The van der Waals surface area contributed by atoms with Gasteiger partial charge in [-0.15, -0.1) is 0 Å². The molecule has 2 aromatic rings. The molecule has 0 aromatic heterocycles. The molecule has 2 aromatic carbocycles. The number of fused-ring (bicyclic) bond motifs is 1. The van der Waals surface area contributed by atoms with Gasteiger partial charge >= 0.3 is 12.1 Å². The minimum Gasteiger partial charge on any atom is -0.481 e. The maximum atomic E-state index is 13.8. The number of amides is 1. The monoisotopic (exact) mass is 507 g/mol. The summed E-state index contributed by atoms with van der Waals surface area (Å²) in [5, 5.41) is 12.1. The summed E-state index contributed by atoms with van der Waals surface area (Å²) in [6, 6.07) is 10.1. The molecule has 2 aliphatic carbocycles. The number of halogens is 4. The zero-order valence-electron chi connectivity index (χ0n) is 19.5. The lowest BCUT2D eigenvalue weighted by molar-refractivity contribution is -0.178. The molecule has 0 heterocycles. The number of hydrogen-bond acceptors (Lipinski definition) is 2. The van der Waals surface area contributed by atoms with Gasteiger partial charge in [-0.1, -0.05) is 42.8 Å². The molecule has 0 spiro atoms. The van der Waals surface area contributed by atoms with E-state index in [0.717, 1.165) is 56.6 Å². The van der Waals surface area contributed by atoms with E-state index in [9.17, 15) is 27.9 Å². The van der Waals surface area contributed by atoms with Gasteiger partial charge in [-0.05, 0) is 84.7 Å². The van der Waals surface area contributed by atoms with Crippen molar-refractivity contribution in [1.82, 2.24) is 0 Å². The van der Waals surface area contributed by atoms with Crippen LogP contribution in [0.1, 0.15) is 73.1 Å². The van der Waals surface area contributed by atoms with Crippen LogP contribution in [0.15, 0.2) is 36.4 Å². The molecule has 4 rings (SSSR count). The van der Waals surface area contributed by atoms with E-state index in [1.807, 2.05) is 6.07 Å². The SMILES string of the molecule is CC(C(C(=O)Nc1cc(C(CC(=O)O)C2CC2)ccc1Cl)c1ccc2c(c1)CCCC2)C(F)(F)F. The van der Waals surface area contributed by atoms with Crippen LogP contribution in [0.4, 0.5) is 18.9 Å². The minimum absolute atomic E-state index is 0.0530. The van der Waals surface area contributed by atoms with Crippen LogP contribution in [0.25, 0.3) is 0 Å². The van der Waals surface area contributed by atoms with Gasteiger partial charge in [0.1, 0.15) is 0 Å². The van der Waals surface area contributed by atoms with Crippen LogP contribution in [0, 0.1) is 11.8 Å². The quantitative estimate of drug-likeness (QED) is 0.400. The van der Waals surface area contributed by atoms with Crippen molar-refractivity contribution in [1.29, 1.82) is 0 Å². The van der Waals surface area contributed by atoms with Crippen molar-refractivity contribution >= 4 is 29.2 Å². The highest BCUT2D eigenvalue weighted by atomic mass is 35.5. The molecule has 0 saturated heterocycles. The van der Waals surface area contributed by atoms with Gasteiger partial charge in [-0.25, -0.2) is 0 Å². The van der Waals surface area contributed by atoms with Gasteiger partial charge in [-0.2, -0.15) is 13.2 Å². The Hall–Kier alpha value is -2.54. The number of carboxylic acids is 1. The van der Waals surface area contributed by atoms with E-state index in [-0.39, 0.29) is 29.0 Å². The zero-order chi connectivity index (χ0) is 25.3. The number of rotatable bonds is 8. The van der Waals surface area contributed by atoms with Crippen molar-refractivity contribution in [3.63, 3.8) is 0 Å². The van der Waals surface area contributed by atoms with Gasteiger partial charge in [0.2, 0.25) is 5.91 Å².